The Morgan fingerprint density at radius 2 is 1.93 bits per heavy atom. The van der Waals surface area contributed by atoms with Gasteiger partial charge in [0.05, 0.1) is 17.0 Å². The van der Waals surface area contributed by atoms with Crippen LogP contribution in [0.3, 0.4) is 0 Å². The number of hydrogen-bond acceptors (Lipinski definition) is 4. The molecule has 10 heteroatoms. The second kappa shape index (κ2) is 7.47. The van der Waals surface area contributed by atoms with Crippen LogP contribution in [0.15, 0.2) is 41.8 Å². The van der Waals surface area contributed by atoms with Gasteiger partial charge in [-0.2, -0.15) is 13.2 Å². The van der Waals surface area contributed by atoms with Gasteiger partial charge in [-0.3, -0.25) is 4.79 Å². The Kier molecular flexibility index (Phi) is 5.26. The van der Waals surface area contributed by atoms with Gasteiger partial charge in [-0.25, -0.2) is 14.1 Å². The fraction of sp³-hybridized carbons (Fsp3) is 0.235. The van der Waals surface area contributed by atoms with Crippen LogP contribution < -0.4 is 0 Å². The number of rotatable bonds is 5. The molecule has 27 heavy (non-hydrogen) atoms. The van der Waals surface area contributed by atoms with Crippen LogP contribution in [-0.4, -0.2) is 45.3 Å². The molecule has 1 aromatic carbocycles. The van der Waals surface area contributed by atoms with Gasteiger partial charge >= 0.3 is 6.18 Å². The average molecular weight is 398 g/mol. The summed E-state index contributed by atoms with van der Waals surface area (Å²) in [6, 6.07) is 9.00. The van der Waals surface area contributed by atoms with Crippen LogP contribution in [0.4, 0.5) is 17.6 Å². The van der Waals surface area contributed by atoms with E-state index in [1.54, 1.807) is 12.1 Å². The van der Waals surface area contributed by atoms with Crippen LogP contribution in [-0.2, 0) is 0 Å². The number of halogens is 4. The highest BCUT2D eigenvalue weighted by atomic mass is 32.1. The molecule has 0 aliphatic rings. The Labute approximate surface area is 155 Å². The van der Waals surface area contributed by atoms with E-state index in [2.05, 4.69) is 10.1 Å². The van der Waals surface area contributed by atoms with Gasteiger partial charge in [-0.15, -0.1) is 16.4 Å². The van der Waals surface area contributed by atoms with E-state index in [-0.39, 0.29) is 5.82 Å². The van der Waals surface area contributed by atoms with Gasteiger partial charge in [0.25, 0.3) is 5.91 Å². The first-order chi connectivity index (χ1) is 12.7. The molecule has 1 amide bonds. The molecular formula is C17H14F4N4OS. The van der Waals surface area contributed by atoms with Gasteiger partial charge in [0, 0.05) is 13.6 Å². The van der Waals surface area contributed by atoms with Crippen molar-refractivity contribution in [3.05, 3.63) is 53.4 Å². The van der Waals surface area contributed by atoms with Crippen LogP contribution in [0.2, 0.25) is 0 Å². The molecule has 0 saturated carbocycles. The predicted octanol–water partition coefficient (Wildman–Crippen LogP) is 4.16. The molecule has 0 bridgehead atoms. The average Bonchev–Trinajstić information content (AvgIpc) is 3.28. The maximum absolute atomic E-state index is 13.2. The number of amides is 1. The summed E-state index contributed by atoms with van der Waals surface area (Å²) in [4.78, 5) is 18.3. The fourth-order valence-electron chi connectivity index (χ4n) is 2.30. The first-order valence-electron chi connectivity index (χ1n) is 7.84. The van der Waals surface area contributed by atoms with Gasteiger partial charge in [-0.05, 0) is 35.7 Å². The molecule has 0 unspecified atom stereocenters. The zero-order valence-corrected chi connectivity index (χ0v) is 14.9. The van der Waals surface area contributed by atoms with Crippen molar-refractivity contribution in [1.29, 1.82) is 0 Å². The summed E-state index contributed by atoms with van der Waals surface area (Å²) in [7, 11) is 1.26. The summed E-state index contributed by atoms with van der Waals surface area (Å²) in [5, 5.41) is 5.96. The normalized spacial score (nSPS) is 11.6. The lowest BCUT2D eigenvalue weighted by Gasteiger charge is -2.16. The highest BCUT2D eigenvalue weighted by molar-refractivity contribution is 7.13. The van der Waals surface area contributed by atoms with E-state index in [9.17, 15) is 22.4 Å². The molecule has 0 aliphatic heterocycles. The maximum atomic E-state index is 13.2. The van der Waals surface area contributed by atoms with Crippen molar-refractivity contribution >= 4 is 17.2 Å². The molecule has 3 rings (SSSR count). The Bertz CT molecular complexity index is 920. The van der Waals surface area contributed by atoms with E-state index in [0.717, 1.165) is 4.90 Å². The van der Waals surface area contributed by atoms with E-state index in [4.69, 9.17) is 0 Å². The van der Waals surface area contributed by atoms with Crippen molar-refractivity contribution in [3.63, 3.8) is 0 Å². The fourth-order valence-corrected chi connectivity index (χ4v) is 3.00. The SMILES string of the molecule is CN(CCC(F)(F)F)C(=O)c1nc(-c2cccs2)n(-c2ccc(F)cc2)n1. The van der Waals surface area contributed by atoms with Gasteiger partial charge in [-0.1, -0.05) is 6.07 Å². The Morgan fingerprint density at radius 1 is 1.22 bits per heavy atom. The van der Waals surface area contributed by atoms with E-state index >= 15 is 0 Å². The topological polar surface area (TPSA) is 51.0 Å². The zero-order chi connectivity index (χ0) is 19.6. The number of nitrogens with zero attached hydrogens (tertiary/aromatic N) is 4. The third kappa shape index (κ3) is 4.51. The molecule has 0 N–H and O–H groups in total. The van der Waals surface area contributed by atoms with Crippen LogP contribution in [0.1, 0.15) is 17.0 Å². The van der Waals surface area contributed by atoms with Crippen molar-refractivity contribution in [2.24, 2.45) is 0 Å². The standard InChI is InChI=1S/C17H14F4N4OS/c1-24(9-8-17(19,20)21)16(26)14-22-15(13-3-2-10-27-13)25(23-14)12-6-4-11(18)5-7-12/h2-7,10H,8-9H2,1H3. The van der Waals surface area contributed by atoms with Crippen molar-refractivity contribution in [1.82, 2.24) is 19.7 Å². The number of thiophene rings is 1. The smallest absolute Gasteiger partial charge is 0.339 e. The zero-order valence-electron chi connectivity index (χ0n) is 14.1. The summed E-state index contributed by atoms with van der Waals surface area (Å²) in [6.45, 7) is -0.498. The maximum Gasteiger partial charge on any atom is 0.390 e. The van der Waals surface area contributed by atoms with E-state index in [1.807, 2.05) is 5.38 Å². The minimum absolute atomic E-state index is 0.229. The lowest BCUT2D eigenvalue weighted by atomic mass is 10.3. The predicted molar refractivity (Wildman–Crippen MR) is 92.3 cm³/mol. The first kappa shape index (κ1) is 19.0. The highest BCUT2D eigenvalue weighted by Gasteiger charge is 2.29. The minimum atomic E-state index is -4.36. The van der Waals surface area contributed by atoms with Crippen molar-refractivity contribution in [2.75, 3.05) is 13.6 Å². The Balaban J connectivity index is 1.94. The van der Waals surface area contributed by atoms with Crippen molar-refractivity contribution in [2.45, 2.75) is 12.6 Å². The quantitative estimate of drug-likeness (QED) is 0.607. The second-order valence-corrected chi connectivity index (χ2v) is 6.66. The number of benzene rings is 1. The molecule has 0 radical (unpaired) electrons. The number of carbonyl (C=O) groups is 1. The summed E-state index contributed by atoms with van der Waals surface area (Å²) in [5.41, 5.74) is 0.476. The molecule has 3 aromatic rings. The van der Waals surface area contributed by atoms with Gasteiger partial charge in [0.2, 0.25) is 5.82 Å². The Morgan fingerprint density at radius 3 is 2.52 bits per heavy atom. The molecule has 2 heterocycles. The van der Waals surface area contributed by atoms with Crippen molar-refractivity contribution in [3.8, 4) is 16.4 Å². The molecule has 0 spiro atoms. The van der Waals surface area contributed by atoms with Gasteiger partial charge in [0.1, 0.15) is 5.82 Å². The molecular weight excluding hydrogens is 384 g/mol. The summed E-state index contributed by atoms with van der Waals surface area (Å²) in [6.07, 6.45) is -5.48. The second-order valence-electron chi connectivity index (χ2n) is 5.72. The summed E-state index contributed by atoms with van der Waals surface area (Å²) >= 11 is 1.36. The van der Waals surface area contributed by atoms with E-state index < -0.39 is 30.9 Å². The van der Waals surface area contributed by atoms with Crippen LogP contribution in [0, 0.1) is 5.82 Å². The number of carbonyl (C=O) groups excluding carboxylic acids is 1. The third-order valence-electron chi connectivity index (χ3n) is 3.69. The molecule has 0 atom stereocenters. The van der Waals surface area contributed by atoms with Gasteiger partial charge < -0.3 is 4.90 Å². The highest BCUT2D eigenvalue weighted by Crippen LogP contribution is 2.26. The molecule has 2 aromatic heterocycles. The molecule has 0 aliphatic carbocycles. The lowest BCUT2D eigenvalue weighted by molar-refractivity contribution is -0.136. The van der Waals surface area contributed by atoms with E-state index in [0.29, 0.717) is 16.4 Å². The van der Waals surface area contributed by atoms with E-state index in [1.165, 1.54) is 47.3 Å². The van der Waals surface area contributed by atoms with Crippen LogP contribution in [0.25, 0.3) is 16.4 Å². The van der Waals surface area contributed by atoms with Crippen LogP contribution >= 0.6 is 11.3 Å². The molecule has 142 valence electrons. The molecule has 0 fully saturated rings. The molecule has 5 nitrogen and oxygen atoms in total. The largest absolute Gasteiger partial charge is 0.390 e. The summed E-state index contributed by atoms with van der Waals surface area (Å²) in [5.74, 6) is -1.03. The summed E-state index contributed by atoms with van der Waals surface area (Å²) < 4.78 is 51.7. The number of alkyl halides is 3. The molecule has 0 saturated heterocycles. The minimum Gasteiger partial charge on any atom is -0.339 e. The van der Waals surface area contributed by atoms with Gasteiger partial charge in [0.15, 0.2) is 5.82 Å². The first-order valence-corrected chi connectivity index (χ1v) is 8.71. The number of aromatic nitrogens is 3. The third-order valence-corrected chi connectivity index (χ3v) is 4.55. The lowest BCUT2D eigenvalue weighted by Crippen LogP contribution is -2.31. The monoisotopic (exact) mass is 398 g/mol. The number of hydrogen-bond donors (Lipinski definition) is 0. The van der Waals surface area contributed by atoms with Crippen molar-refractivity contribution < 1.29 is 22.4 Å². The Hall–Kier alpha value is -2.75. The van der Waals surface area contributed by atoms with Crippen LogP contribution in [0.5, 0.6) is 0 Å².